The molecule has 1 aromatic heterocycles. The number of carbonyl (C=O) groups excluding carboxylic acids is 1. The lowest BCUT2D eigenvalue weighted by Crippen LogP contribution is -2.54. The van der Waals surface area contributed by atoms with Gasteiger partial charge in [0.1, 0.15) is 23.6 Å². The van der Waals surface area contributed by atoms with E-state index in [2.05, 4.69) is 32.3 Å². The molecule has 3 aliphatic rings. The van der Waals surface area contributed by atoms with Crippen LogP contribution in [0.2, 0.25) is 0 Å². The number of likely N-dealkylation sites (tertiary alicyclic amines) is 1. The number of carbonyl (C=O) groups is 1. The van der Waals surface area contributed by atoms with Crippen LogP contribution in [0.1, 0.15) is 59.6 Å². The Bertz CT molecular complexity index is 1070. The maximum absolute atomic E-state index is 13.5. The third-order valence-corrected chi connectivity index (χ3v) is 8.48. The molecule has 9 heteroatoms. The summed E-state index contributed by atoms with van der Waals surface area (Å²) in [6.45, 7) is 6.67. The smallest absolute Gasteiger partial charge is 0.272 e. The number of aromatic nitrogens is 2. The van der Waals surface area contributed by atoms with Gasteiger partial charge in [0.25, 0.3) is 5.91 Å². The number of rotatable bonds is 7. The summed E-state index contributed by atoms with van der Waals surface area (Å²) >= 11 is 0. The van der Waals surface area contributed by atoms with E-state index in [1.807, 2.05) is 24.0 Å². The Labute approximate surface area is 225 Å². The van der Waals surface area contributed by atoms with E-state index < -0.39 is 0 Å². The normalized spacial score (nSPS) is 23.4. The van der Waals surface area contributed by atoms with Crippen LogP contribution in [0.3, 0.4) is 0 Å². The van der Waals surface area contributed by atoms with Crippen LogP contribution in [0.5, 0.6) is 5.75 Å². The van der Waals surface area contributed by atoms with Crippen LogP contribution in [0.4, 0.5) is 5.82 Å². The molecule has 0 radical (unpaired) electrons. The average molecular weight is 524 g/mol. The van der Waals surface area contributed by atoms with E-state index in [9.17, 15) is 4.79 Å². The minimum atomic E-state index is 0.0125. The van der Waals surface area contributed by atoms with Crippen molar-refractivity contribution in [2.24, 2.45) is 0 Å². The second kappa shape index (κ2) is 12.4. The van der Waals surface area contributed by atoms with Gasteiger partial charge in [-0.25, -0.2) is 9.97 Å². The number of piperidine rings is 2. The fourth-order valence-corrected chi connectivity index (χ4v) is 6.11. The summed E-state index contributed by atoms with van der Waals surface area (Å²) in [5.74, 6) is 2.31. The van der Waals surface area contributed by atoms with Gasteiger partial charge in [-0.15, -0.1) is 0 Å². The number of amides is 1. The van der Waals surface area contributed by atoms with Gasteiger partial charge < -0.3 is 29.3 Å². The van der Waals surface area contributed by atoms with Crippen LogP contribution in [0.15, 0.2) is 30.6 Å². The molecule has 2 aromatic rings. The van der Waals surface area contributed by atoms with E-state index in [1.165, 1.54) is 5.56 Å². The van der Waals surface area contributed by atoms with Gasteiger partial charge in [-0.3, -0.25) is 4.79 Å². The van der Waals surface area contributed by atoms with E-state index in [4.69, 9.17) is 14.2 Å². The summed E-state index contributed by atoms with van der Waals surface area (Å²) in [6.07, 6.45) is 6.55. The van der Waals surface area contributed by atoms with Crippen molar-refractivity contribution >= 4 is 11.7 Å². The highest BCUT2D eigenvalue weighted by Gasteiger charge is 2.32. The van der Waals surface area contributed by atoms with Crippen LogP contribution in [0.25, 0.3) is 0 Å². The van der Waals surface area contributed by atoms with Crippen molar-refractivity contribution in [2.45, 2.75) is 63.1 Å². The first-order valence-corrected chi connectivity index (χ1v) is 13.9. The number of ether oxygens (including phenoxy) is 3. The quantitative estimate of drug-likeness (QED) is 0.592. The number of methoxy groups -OCH3 is 2. The summed E-state index contributed by atoms with van der Waals surface area (Å²) in [4.78, 5) is 26.8. The van der Waals surface area contributed by atoms with E-state index in [1.54, 1.807) is 20.5 Å². The van der Waals surface area contributed by atoms with Crippen LogP contribution in [0, 0.1) is 6.92 Å². The van der Waals surface area contributed by atoms with E-state index >= 15 is 0 Å². The van der Waals surface area contributed by atoms with Gasteiger partial charge in [0.15, 0.2) is 0 Å². The molecule has 0 saturated carbocycles. The lowest BCUT2D eigenvalue weighted by molar-refractivity contribution is -0.0533. The van der Waals surface area contributed by atoms with E-state index in [0.29, 0.717) is 30.3 Å². The highest BCUT2D eigenvalue weighted by molar-refractivity contribution is 5.94. The fourth-order valence-electron chi connectivity index (χ4n) is 6.11. The zero-order chi connectivity index (χ0) is 26.5. The fraction of sp³-hybridized carbons (Fsp3) is 0.621. The number of anilines is 1. The van der Waals surface area contributed by atoms with E-state index in [-0.39, 0.29) is 12.0 Å². The number of nitrogens with one attached hydrogen (secondary N) is 1. The third kappa shape index (κ3) is 5.95. The lowest BCUT2D eigenvalue weighted by Gasteiger charge is -2.38. The van der Waals surface area contributed by atoms with Gasteiger partial charge in [-0.05, 0) is 62.6 Å². The molecule has 1 aromatic carbocycles. The molecule has 3 aliphatic heterocycles. The van der Waals surface area contributed by atoms with Crippen molar-refractivity contribution in [3.05, 3.63) is 47.4 Å². The van der Waals surface area contributed by atoms with Gasteiger partial charge in [0, 0.05) is 57.5 Å². The zero-order valence-corrected chi connectivity index (χ0v) is 22.9. The van der Waals surface area contributed by atoms with Crippen molar-refractivity contribution in [3.8, 4) is 5.75 Å². The first-order valence-electron chi connectivity index (χ1n) is 13.9. The molecule has 1 amide bonds. The summed E-state index contributed by atoms with van der Waals surface area (Å²) in [5.41, 5.74) is 2.77. The zero-order valence-electron chi connectivity index (χ0n) is 22.9. The van der Waals surface area contributed by atoms with Crippen LogP contribution in [-0.4, -0.2) is 92.6 Å². The molecule has 0 aliphatic carbocycles. The molecule has 38 heavy (non-hydrogen) atoms. The number of benzene rings is 1. The predicted molar refractivity (Wildman–Crippen MR) is 146 cm³/mol. The topological polar surface area (TPSA) is 89.1 Å². The van der Waals surface area contributed by atoms with Crippen LogP contribution >= 0.6 is 0 Å². The lowest BCUT2D eigenvalue weighted by atomic mass is 9.89. The predicted octanol–water partition coefficient (Wildman–Crippen LogP) is 3.18. The second-order valence-electron chi connectivity index (χ2n) is 10.7. The molecule has 2 atom stereocenters. The third-order valence-electron chi connectivity index (χ3n) is 8.48. The van der Waals surface area contributed by atoms with Crippen LogP contribution < -0.4 is 15.0 Å². The van der Waals surface area contributed by atoms with Crippen molar-refractivity contribution in [1.82, 2.24) is 20.2 Å². The number of hydrogen-bond donors (Lipinski definition) is 1. The Balaban J connectivity index is 1.16. The second-order valence-corrected chi connectivity index (χ2v) is 10.7. The maximum atomic E-state index is 13.5. The standard InChI is InChI=1S/C29H41N5O4/c1-20-27(29(35)34-15-10-23(11-16-34)32-25-12-17-38-18-26(25)37-3)30-19-31-28(20)33-13-8-22(9-14-33)21-4-6-24(36-2)7-5-21/h4-7,19,22-23,25-26,32H,8-18H2,1-3H3. The Morgan fingerprint density at radius 1 is 1.00 bits per heavy atom. The monoisotopic (exact) mass is 523 g/mol. The van der Waals surface area contributed by atoms with Gasteiger partial charge in [0.2, 0.25) is 0 Å². The summed E-state index contributed by atoms with van der Waals surface area (Å²) in [5, 5.41) is 3.76. The molecule has 0 spiro atoms. The largest absolute Gasteiger partial charge is 0.497 e. The Morgan fingerprint density at radius 2 is 1.74 bits per heavy atom. The first-order chi connectivity index (χ1) is 18.6. The van der Waals surface area contributed by atoms with Gasteiger partial charge in [-0.1, -0.05) is 12.1 Å². The van der Waals surface area contributed by atoms with Gasteiger partial charge in [-0.2, -0.15) is 0 Å². The molecule has 0 bridgehead atoms. The Hall–Kier alpha value is -2.75. The summed E-state index contributed by atoms with van der Waals surface area (Å²) in [7, 11) is 3.44. The van der Waals surface area contributed by atoms with Crippen molar-refractivity contribution in [1.29, 1.82) is 0 Å². The highest BCUT2D eigenvalue weighted by Crippen LogP contribution is 2.32. The summed E-state index contributed by atoms with van der Waals surface area (Å²) < 4.78 is 16.4. The van der Waals surface area contributed by atoms with Gasteiger partial charge >= 0.3 is 0 Å². The molecule has 206 valence electrons. The van der Waals surface area contributed by atoms with Crippen LogP contribution in [-0.2, 0) is 9.47 Å². The number of nitrogens with zero attached hydrogens (tertiary/aromatic N) is 4. The number of hydrogen-bond acceptors (Lipinski definition) is 8. The molecule has 4 heterocycles. The molecular formula is C29H41N5O4. The average Bonchev–Trinajstić information content (AvgIpc) is 2.98. The summed E-state index contributed by atoms with van der Waals surface area (Å²) in [6, 6.07) is 9.10. The SMILES string of the molecule is COc1ccc(C2CCN(c3ncnc(C(=O)N4CCC(NC5CCOCC5OC)CC4)c3C)CC2)cc1. The first kappa shape index (κ1) is 26.8. The van der Waals surface area contributed by atoms with E-state index in [0.717, 1.165) is 82.0 Å². The minimum Gasteiger partial charge on any atom is -0.497 e. The van der Waals surface area contributed by atoms with Gasteiger partial charge in [0.05, 0.1) is 19.8 Å². The molecule has 3 fully saturated rings. The minimum absolute atomic E-state index is 0.0125. The van der Waals surface area contributed by atoms with Crippen molar-refractivity contribution in [3.63, 3.8) is 0 Å². The Kier molecular flexibility index (Phi) is 8.76. The maximum Gasteiger partial charge on any atom is 0.272 e. The molecule has 3 saturated heterocycles. The molecule has 9 nitrogen and oxygen atoms in total. The Morgan fingerprint density at radius 3 is 2.42 bits per heavy atom. The van der Waals surface area contributed by atoms with Crippen molar-refractivity contribution < 1.29 is 19.0 Å². The molecule has 2 unspecified atom stereocenters. The molecule has 5 rings (SSSR count). The highest BCUT2D eigenvalue weighted by atomic mass is 16.5. The molecule has 1 N–H and O–H groups in total. The van der Waals surface area contributed by atoms with Crippen molar-refractivity contribution in [2.75, 3.05) is 58.5 Å². The molecular weight excluding hydrogens is 482 g/mol.